The molecule has 2 unspecified atom stereocenters. The molecule has 106 valence electrons. The molecule has 0 radical (unpaired) electrons. The lowest BCUT2D eigenvalue weighted by molar-refractivity contribution is 0.0591. The quantitative estimate of drug-likeness (QED) is 0.923. The van der Waals surface area contributed by atoms with Crippen molar-refractivity contribution in [2.45, 2.75) is 32.0 Å². The van der Waals surface area contributed by atoms with Crippen LogP contribution in [0.4, 0.5) is 0 Å². The molecule has 0 amide bonds. The average molecular weight is 271 g/mol. The number of aryl methyl sites for hydroxylation is 1. The van der Waals surface area contributed by atoms with Crippen molar-refractivity contribution >= 4 is 0 Å². The van der Waals surface area contributed by atoms with Crippen molar-refractivity contribution in [2.24, 2.45) is 7.05 Å². The van der Waals surface area contributed by atoms with Crippen molar-refractivity contribution in [3.63, 3.8) is 0 Å². The van der Waals surface area contributed by atoms with Crippen molar-refractivity contribution in [3.8, 4) is 0 Å². The number of fused-ring (bicyclic) bond motifs is 1. The fourth-order valence-corrected chi connectivity index (χ4v) is 3.13. The van der Waals surface area contributed by atoms with Gasteiger partial charge in [0.1, 0.15) is 0 Å². The van der Waals surface area contributed by atoms with E-state index in [-0.39, 0.29) is 12.1 Å². The number of rotatable bonds is 4. The van der Waals surface area contributed by atoms with Crippen LogP contribution in [0.15, 0.2) is 36.7 Å². The van der Waals surface area contributed by atoms with Gasteiger partial charge in [-0.1, -0.05) is 31.2 Å². The highest BCUT2D eigenvalue weighted by atomic mass is 16.3. The van der Waals surface area contributed by atoms with Gasteiger partial charge in [0, 0.05) is 31.4 Å². The van der Waals surface area contributed by atoms with Gasteiger partial charge in [-0.05, 0) is 24.1 Å². The van der Waals surface area contributed by atoms with Crippen molar-refractivity contribution in [3.05, 3.63) is 53.3 Å². The minimum absolute atomic E-state index is 0.164. The first-order chi connectivity index (χ1) is 9.69. The Morgan fingerprint density at radius 2 is 2.20 bits per heavy atom. The minimum atomic E-state index is -0.386. The maximum Gasteiger partial charge on any atom is 0.0951 e. The fraction of sp³-hybridized carbons (Fsp3) is 0.438. The Balaban J connectivity index is 1.78. The van der Waals surface area contributed by atoms with E-state index in [1.807, 2.05) is 42.3 Å². The molecule has 20 heavy (non-hydrogen) atoms. The second-order valence-electron chi connectivity index (χ2n) is 5.50. The lowest BCUT2D eigenvalue weighted by Gasteiger charge is -2.29. The summed E-state index contributed by atoms with van der Waals surface area (Å²) in [6, 6.07) is 8.37. The van der Waals surface area contributed by atoms with Crippen LogP contribution in [0.1, 0.15) is 29.7 Å². The molecule has 0 fully saturated rings. The van der Waals surface area contributed by atoms with E-state index in [0.29, 0.717) is 0 Å². The average Bonchev–Trinajstić information content (AvgIpc) is 3.01. The standard InChI is InChI=1S/C16H21N3O/c1-3-19(11-12-9-17-18(2)10-12)15-8-13-6-4-5-7-14(13)16(15)20/h4-7,9-10,15-16,20H,3,8,11H2,1-2H3. The zero-order valence-electron chi connectivity index (χ0n) is 12.0. The van der Waals surface area contributed by atoms with Crippen LogP contribution < -0.4 is 0 Å². The number of aliphatic hydroxyl groups excluding tert-OH is 1. The van der Waals surface area contributed by atoms with Crippen LogP contribution in [0.5, 0.6) is 0 Å². The summed E-state index contributed by atoms with van der Waals surface area (Å²) < 4.78 is 1.82. The van der Waals surface area contributed by atoms with Gasteiger partial charge in [0.2, 0.25) is 0 Å². The molecule has 1 N–H and O–H groups in total. The molecule has 0 spiro atoms. The van der Waals surface area contributed by atoms with Gasteiger partial charge in [0.25, 0.3) is 0 Å². The van der Waals surface area contributed by atoms with Crippen molar-refractivity contribution < 1.29 is 5.11 Å². The van der Waals surface area contributed by atoms with Crippen LogP contribution in [-0.2, 0) is 20.0 Å². The van der Waals surface area contributed by atoms with Gasteiger partial charge in [-0.25, -0.2) is 0 Å². The zero-order chi connectivity index (χ0) is 14.1. The first-order valence-electron chi connectivity index (χ1n) is 7.16. The van der Waals surface area contributed by atoms with E-state index in [1.165, 1.54) is 11.1 Å². The minimum Gasteiger partial charge on any atom is -0.387 e. The normalized spacial score (nSPS) is 21.4. The molecule has 2 atom stereocenters. The highest BCUT2D eigenvalue weighted by molar-refractivity contribution is 5.36. The van der Waals surface area contributed by atoms with Crippen LogP contribution in [0.25, 0.3) is 0 Å². The number of nitrogens with zero attached hydrogens (tertiary/aromatic N) is 3. The molecule has 4 nitrogen and oxygen atoms in total. The summed E-state index contributed by atoms with van der Waals surface area (Å²) >= 11 is 0. The van der Waals surface area contributed by atoms with E-state index in [9.17, 15) is 5.11 Å². The Hall–Kier alpha value is -1.65. The third-order valence-corrected chi connectivity index (χ3v) is 4.19. The second-order valence-corrected chi connectivity index (χ2v) is 5.50. The Morgan fingerprint density at radius 3 is 2.85 bits per heavy atom. The third-order valence-electron chi connectivity index (χ3n) is 4.19. The first kappa shape index (κ1) is 13.3. The summed E-state index contributed by atoms with van der Waals surface area (Å²) in [4.78, 5) is 2.34. The smallest absolute Gasteiger partial charge is 0.0951 e. The van der Waals surface area contributed by atoms with E-state index < -0.39 is 0 Å². The van der Waals surface area contributed by atoms with E-state index in [2.05, 4.69) is 23.0 Å². The molecule has 0 bridgehead atoms. The fourth-order valence-electron chi connectivity index (χ4n) is 3.13. The molecule has 0 saturated carbocycles. The number of hydrogen-bond donors (Lipinski definition) is 1. The molecule has 1 aromatic heterocycles. The summed E-state index contributed by atoms with van der Waals surface area (Å²) in [6.07, 6.45) is 4.47. The lowest BCUT2D eigenvalue weighted by atomic mass is 10.1. The third kappa shape index (κ3) is 2.37. The van der Waals surface area contributed by atoms with Crippen LogP contribution in [-0.4, -0.2) is 32.4 Å². The molecule has 1 aliphatic rings. The molecule has 4 heteroatoms. The van der Waals surface area contributed by atoms with Crippen LogP contribution in [0, 0.1) is 0 Å². The lowest BCUT2D eigenvalue weighted by Crippen LogP contribution is -2.37. The monoisotopic (exact) mass is 271 g/mol. The van der Waals surface area contributed by atoms with E-state index in [1.54, 1.807) is 0 Å². The predicted molar refractivity (Wildman–Crippen MR) is 78.2 cm³/mol. The zero-order valence-corrected chi connectivity index (χ0v) is 12.0. The van der Waals surface area contributed by atoms with E-state index >= 15 is 0 Å². The maximum atomic E-state index is 10.6. The molecule has 1 heterocycles. The molecular weight excluding hydrogens is 250 g/mol. The van der Waals surface area contributed by atoms with E-state index in [0.717, 1.165) is 25.1 Å². The topological polar surface area (TPSA) is 41.3 Å². The van der Waals surface area contributed by atoms with Crippen LogP contribution >= 0.6 is 0 Å². The largest absolute Gasteiger partial charge is 0.387 e. The second kappa shape index (κ2) is 5.38. The highest BCUT2D eigenvalue weighted by Gasteiger charge is 2.34. The maximum absolute atomic E-state index is 10.6. The number of likely N-dealkylation sites (N-methyl/N-ethyl adjacent to an activating group) is 1. The molecule has 1 aromatic carbocycles. The molecule has 0 aliphatic heterocycles. The van der Waals surface area contributed by atoms with Gasteiger partial charge in [-0.3, -0.25) is 9.58 Å². The number of aliphatic hydroxyl groups is 1. The molecule has 2 aromatic rings. The first-order valence-corrected chi connectivity index (χ1v) is 7.16. The molecule has 3 rings (SSSR count). The van der Waals surface area contributed by atoms with Gasteiger partial charge in [-0.15, -0.1) is 0 Å². The number of hydrogen-bond acceptors (Lipinski definition) is 3. The molecule has 1 aliphatic carbocycles. The van der Waals surface area contributed by atoms with Crippen molar-refractivity contribution in [2.75, 3.05) is 6.54 Å². The summed E-state index contributed by atoms with van der Waals surface area (Å²) in [5.74, 6) is 0. The highest BCUT2D eigenvalue weighted by Crippen LogP contribution is 2.34. The number of aromatic nitrogens is 2. The van der Waals surface area contributed by atoms with Gasteiger partial charge < -0.3 is 5.11 Å². The SMILES string of the molecule is CCN(Cc1cnn(C)c1)C1Cc2ccccc2C1O. The Morgan fingerprint density at radius 1 is 1.40 bits per heavy atom. The predicted octanol–water partition coefficient (Wildman–Crippen LogP) is 1.90. The van der Waals surface area contributed by atoms with Crippen molar-refractivity contribution in [1.82, 2.24) is 14.7 Å². The Bertz CT molecular complexity index is 593. The van der Waals surface area contributed by atoms with Gasteiger partial charge in [0.15, 0.2) is 0 Å². The van der Waals surface area contributed by atoms with Crippen LogP contribution in [0.2, 0.25) is 0 Å². The summed E-state index contributed by atoms with van der Waals surface area (Å²) in [5, 5.41) is 14.8. The van der Waals surface area contributed by atoms with Gasteiger partial charge in [-0.2, -0.15) is 5.10 Å². The van der Waals surface area contributed by atoms with E-state index in [4.69, 9.17) is 0 Å². The van der Waals surface area contributed by atoms with Gasteiger partial charge >= 0.3 is 0 Å². The summed E-state index contributed by atoms with van der Waals surface area (Å²) in [5.41, 5.74) is 3.55. The number of benzene rings is 1. The molecule has 0 saturated heterocycles. The summed E-state index contributed by atoms with van der Waals surface area (Å²) in [7, 11) is 1.93. The van der Waals surface area contributed by atoms with Crippen molar-refractivity contribution in [1.29, 1.82) is 0 Å². The molecular formula is C16H21N3O. The van der Waals surface area contributed by atoms with Crippen LogP contribution in [0.3, 0.4) is 0 Å². The summed E-state index contributed by atoms with van der Waals surface area (Å²) in [6.45, 7) is 3.90. The Labute approximate surface area is 119 Å². The van der Waals surface area contributed by atoms with Gasteiger partial charge in [0.05, 0.1) is 12.3 Å². The Kier molecular flexibility index (Phi) is 3.59.